The van der Waals surface area contributed by atoms with Crippen molar-refractivity contribution < 1.29 is 9.90 Å². The molecule has 0 aliphatic rings. The number of carbonyl (C=O) groups is 1. The molecule has 0 saturated heterocycles. The summed E-state index contributed by atoms with van der Waals surface area (Å²) in [6.07, 6.45) is 4.50. The molecule has 2 unspecified atom stereocenters. The van der Waals surface area contributed by atoms with Crippen LogP contribution in [0.3, 0.4) is 0 Å². The first kappa shape index (κ1) is 15.4. The summed E-state index contributed by atoms with van der Waals surface area (Å²) < 4.78 is 0. The Morgan fingerprint density at radius 1 is 1.32 bits per heavy atom. The molecule has 1 amide bonds. The van der Waals surface area contributed by atoms with Gasteiger partial charge in [0, 0.05) is 12.1 Å². The van der Waals surface area contributed by atoms with E-state index < -0.39 is 6.10 Å². The zero-order valence-corrected chi connectivity index (χ0v) is 11.9. The number of aliphatic hydroxyl groups is 1. The predicted octanol–water partition coefficient (Wildman–Crippen LogP) is 2.54. The Hall–Kier alpha value is -1.61. The topological polar surface area (TPSA) is 49.3 Å². The van der Waals surface area contributed by atoms with Gasteiger partial charge in [-0.25, -0.2) is 0 Å². The van der Waals surface area contributed by atoms with Crippen LogP contribution in [-0.2, 0) is 11.2 Å². The van der Waals surface area contributed by atoms with Gasteiger partial charge in [-0.05, 0) is 43.9 Å². The fourth-order valence-corrected chi connectivity index (χ4v) is 1.90. The second-order valence-corrected chi connectivity index (χ2v) is 4.92. The summed E-state index contributed by atoms with van der Waals surface area (Å²) in [6, 6.07) is 8.10. The van der Waals surface area contributed by atoms with Gasteiger partial charge in [-0.15, -0.1) is 0 Å². The molecule has 2 N–H and O–H groups in total. The molecule has 104 valence electrons. The molecular weight excluding hydrogens is 238 g/mol. The molecule has 1 aromatic rings. The van der Waals surface area contributed by atoms with E-state index in [0.29, 0.717) is 6.42 Å². The lowest BCUT2D eigenvalue weighted by Crippen LogP contribution is -2.33. The van der Waals surface area contributed by atoms with Gasteiger partial charge in [-0.3, -0.25) is 4.79 Å². The number of nitrogens with one attached hydrogen (secondary N) is 1. The van der Waals surface area contributed by atoms with Crippen LogP contribution in [0.25, 0.3) is 6.08 Å². The van der Waals surface area contributed by atoms with E-state index in [1.807, 2.05) is 19.1 Å². The van der Waals surface area contributed by atoms with Gasteiger partial charge in [0.25, 0.3) is 0 Å². The lowest BCUT2D eigenvalue weighted by atomic mass is 10.1. The van der Waals surface area contributed by atoms with Gasteiger partial charge in [-0.1, -0.05) is 31.2 Å². The van der Waals surface area contributed by atoms with Gasteiger partial charge < -0.3 is 10.4 Å². The van der Waals surface area contributed by atoms with Crippen LogP contribution in [0.15, 0.2) is 30.3 Å². The van der Waals surface area contributed by atoms with Gasteiger partial charge >= 0.3 is 0 Å². The van der Waals surface area contributed by atoms with Crippen molar-refractivity contribution in [2.24, 2.45) is 0 Å². The van der Waals surface area contributed by atoms with E-state index in [9.17, 15) is 9.90 Å². The first-order valence-electron chi connectivity index (χ1n) is 6.76. The first-order chi connectivity index (χ1) is 9.01. The fraction of sp³-hybridized carbons (Fsp3) is 0.438. The summed E-state index contributed by atoms with van der Waals surface area (Å²) in [5, 5.41) is 12.0. The number of aryl methyl sites for hydroxylation is 1. The Morgan fingerprint density at radius 3 is 2.47 bits per heavy atom. The van der Waals surface area contributed by atoms with Crippen LogP contribution in [0, 0.1) is 0 Å². The number of rotatable bonds is 6. The molecule has 19 heavy (non-hydrogen) atoms. The summed E-state index contributed by atoms with van der Waals surface area (Å²) in [7, 11) is 0. The minimum atomic E-state index is -0.402. The highest BCUT2D eigenvalue weighted by atomic mass is 16.3. The number of benzene rings is 1. The minimum absolute atomic E-state index is 0.0281. The summed E-state index contributed by atoms with van der Waals surface area (Å²) in [5.41, 5.74) is 2.29. The maximum atomic E-state index is 11.7. The molecule has 3 nitrogen and oxygen atoms in total. The molecule has 3 heteroatoms. The maximum absolute atomic E-state index is 11.7. The zero-order chi connectivity index (χ0) is 14.3. The Labute approximate surface area is 115 Å². The van der Waals surface area contributed by atoms with E-state index in [1.54, 1.807) is 13.0 Å². The van der Waals surface area contributed by atoms with E-state index in [2.05, 4.69) is 24.4 Å². The molecule has 0 aromatic heterocycles. The number of hydrogen-bond donors (Lipinski definition) is 2. The number of carbonyl (C=O) groups excluding carboxylic acids is 1. The number of aliphatic hydroxyl groups excluding tert-OH is 1. The summed E-state index contributed by atoms with van der Waals surface area (Å²) in [5.74, 6) is -0.132. The Balaban J connectivity index is 2.48. The van der Waals surface area contributed by atoms with E-state index in [4.69, 9.17) is 0 Å². The van der Waals surface area contributed by atoms with Crippen molar-refractivity contribution in [1.82, 2.24) is 5.32 Å². The SMILES string of the molecule is CCc1ccc(/C=C/C(=O)NC(C)CC(C)O)cc1. The van der Waals surface area contributed by atoms with Crippen LogP contribution >= 0.6 is 0 Å². The van der Waals surface area contributed by atoms with Gasteiger partial charge in [0.2, 0.25) is 5.91 Å². The molecular formula is C16H23NO2. The molecule has 2 atom stereocenters. The van der Waals surface area contributed by atoms with Crippen LogP contribution < -0.4 is 5.32 Å². The van der Waals surface area contributed by atoms with Gasteiger partial charge in [-0.2, -0.15) is 0 Å². The average Bonchev–Trinajstić information content (AvgIpc) is 2.36. The highest BCUT2D eigenvalue weighted by Crippen LogP contribution is 2.06. The van der Waals surface area contributed by atoms with Crippen LogP contribution in [0.4, 0.5) is 0 Å². The lowest BCUT2D eigenvalue weighted by Gasteiger charge is -2.13. The Bertz CT molecular complexity index is 421. The molecule has 0 fully saturated rings. The van der Waals surface area contributed by atoms with Crippen LogP contribution in [-0.4, -0.2) is 23.2 Å². The third-order valence-electron chi connectivity index (χ3n) is 2.90. The van der Waals surface area contributed by atoms with E-state index >= 15 is 0 Å². The molecule has 0 heterocycles. The van der Waals surface area contributed by atoms with Crippen molar-refractivity contribution in [2.75, 3.05) is 0 Å². The van der Waals surface area contributed by atoms with Crippen LogP contribution in [0.5, 0.6) is 0 Å². The van der Waals surface area contributed by atoms with E-state index in [1.165, 1.54) is 11.6 Å². The van der Waals surface area contributed by atoms with Gasteiger partial charge in [0.15, 0.2) is 0 Å². The molecule has 1 aromatic carbocycles. The van der Waals surface area contributed by atoms with Crippen LogP contribution in [0.1, 0.15) is 38.3 Å². The second-order valence-electron chi connectivity index (χ2n) is 4.92. The quantitative estimate of drug-likeness (QED) is 0.773. The highest BCUT2D eigenvalue weighted by molar-refractivity contribution is 5.91. The summed E-state index contributed by atoms with van der Waals surface area (Å²) >= 11 is 0. The molecule has 1 rings (SSSR count). The molecule has 0 saturated carbocycles. The zero-order valence-electron chi connectivity index (χ0n) is 11.9. The largest absolute Gasteiger partial charge is 0.393 e. The van der Waals surface area contributed by atoms with Crippen molar-refractivity contribution in [2.45, 2.75) is 45.8 Å². The molecule has 0 aliphatic carbocycles. The number of hydrogen-bond acceptors (Lipinski definition) is 2. The Kier molecular flexibility index (Phi) is 6.30. The Morgan fingerprint density at radius 2 is 1.95 bits per heavy atom. The van der Waals surface area contributed by atoms with Crippen molar-refractivity contribution in [1.29, 1.82) is 0 Å². The molecule has 0 radical (unpaired) electrons. The molecule has 0 bridgehead atoms. The number of amides is 1. The monoisotopic (exact) mass is 261 g/mol. The molecule has 0 aliphatic heterocycles. The fourth-order valence-electron chi connectivity index (χ4n) is 1.90. The van der Waals surface area contributed by atoms with Crippen molar-refractivity contribution in [3.63, 3.8) is 0 Å². The van der Waals surface area contributed by atoms with Crippen molar-refractivity contribution in [3.05, 3.63) is 41.5 Å². The van der Waals surface area contributed by atoms with Gasteiger partial charge in [0.05, 0.1) is 6.10 Å². The van der Waals surface area contributed by atoms with E-state index in [0.717, 1.165) is 12.0 Å². The summed E-state index contributed by atoms with van der Waals surface area (Å²) in [4.78, 5) is 11.7. The second kappa shape index (κ2) is 7.74. The summed E-state index contributed by atoms with van der Waals surface area (Å²) in [6.45, 7) is 5.71. The van der Waals surface area contributed by atoms with Crippen molar-refractivity contribution in [3.8, 4) is 0 Å². The van der Waals surface area contributed by atoms with Crippen molar-refractivity contribution >= 4 is 12.0 Å². The predicted molar refractivity (Wildman–Crippen MR) is 78.8 cm³/mol. The normalized spacial score (nSPS) is 14.3. The van der Waals surface area contributed by atoms with Crippen LogP contribution in [0.2, 0.25) is 0 Å². The smallest absolute Gasteiger partial charge is 0.244 e. The van der Waals surface area contributed by atoms with Gasteiger partial charge in [0.1, 0.15) is 0 Å². The first-order valence-corrected chi connectivity index (χ1v) is 6.76. The third kappa shape index (κ3) is 6.20. The lowest BCUT2D eigenvalue weighted by molar-refractivity contribution is -0.117. The third-order valence-corrected chi connectivity index (χ3v) is 2.90. The molecule has 0 spiro atoms. The standard InChI is InChI=1S/C16H23NO2/c1-4-14-5-7-15(8-6-14)9-10-16(19)17-12(2)11-13(3)18/h5-10,12-13,18H,4,11H2,1-3H3,(H,17,19)/b10-9+. The van der Waals surface area contributed by atoms with E-state index in [-0.39, 0.29) is 11.9 Å². The average molecular weight is 261 g/mol. The highest BCUT2D eigenvalue weighted by Gasteiger charge is 2.07. The maximum Gasteiger partial charge on any atom is 0.244 e. The minimum Gasteiger partial charge on any atom is -0.393 e.